The topological polar surface area (TPSA) is 92.4 Å². The van der Waals surface area contributed by atoms with Crippen LogP contribution in [0, 0.1) is 17.1 Å². The number of nitrogens with zero attached hydrogens (tertiary/aromatic N) is 3. The van der Waals surface area contributed by atoms with Crippen LogP contribution in [0.1, 0.15) is 64.6 Å². The Morgan fingerprint density at radius 1 is 0.875 bits per heavy atom. The Morgan fingerprint density at radius 2 is 1.62 bits per heavy atom. The standard InChI is InChI=1S/C32H26FN3O4/c33-21-8-6-7-20(17-21)29-27-18-23(13-14-26(27)32(39)36(22-11-12-22)28(29)19-34)40-16-5-1-4-15-35-30(37)24-9-2-3-10-25(24)31(35)38/h2-3,6-10,13-14,17-18,22H,1,4-5,11-12,15-16H2. The van der Waals surface area contributed by atoms with Gasteiger partial charge in [0.1, 0.15) is 23.3 Å². The molecule has 0 bridgehead atoms. The number of aromatic nitrogens is 1. The number of fused-ring (bicyclic) bond motifs is 2. The summed E-state index contributed by atoms with van der Waals surface area (Å²) < 4.78 is 21.7. The van der Waals surface area contributed by atoms with Crippen molar-refractivity contribution in [3.8, 4) is 22.9 Å². The first-order valence-electron chi connectivity index (χ1n) is 13.4. The molecular weight excluding hydrogens is 509 g/mol. The minimum atomic E-state index is -0.424. The van der Waals surface area contributed by atoms with Gasteiger partial charge in [0.05, 0.1) is 17.7 Å². The van der Waals surface area contributed by atoms with E-state index >= 15 is 0 Å². The zero-order valence-corrected chi connectivity index (χ0v) is 21.7. The summed E-state index contributed by atoms with van der Waals surface area (Å²) in [5.41, 5.74) is 1.96. The van der Waals surface area contributed by atoms with Crippen molar-refractivity contribution in [3.63, 3.8) is 0 Å². The largest absolute Gasteiger partial charge is 0.494 e. The molecule has 1 aliphatic carbocycles. The zero-order chi connectivity index (χ0) is 27.8. The van der Waals surface area contributed by atoms with Gasteiger partial charge in [-0.3, -0.25) is 23.9 Å². The lowest BCUT2D eigenvalue weighted by Crippen LogP contribution is -2.30. The molecule has 40 heavy (non-hydrogen) atoms. The highest BCUT2D eigenvalue weighted by atomic mass is 19.1. The van der Waals surface area contributed by atoms with Gasteiger partial charge in [-0.05, 0) is 80.1 Å². The van der Waals surface area contributed by atoms with Crippen LogP contribution in [-0.4, -0.2) is 34.4 Å². The van der Waals surface area contributed by atoms with E-state index in [1.54, 1.807) is 59.2 Å². The van der Waals surface area contributed by atoms with Gasteiger partial charge in [-0.25, -0.2) is 4.39 Å². The molecule has 1 aromatic heterocycles. The lowest BCUT2D eigenvalue weighted by atomic mass is 9.96. The molecule has 8 heteroatoms. The van der Waals surface area contributed by atoms with Crippen molar-refractivity contribution in [2.75, 3.05) is 13.2 Å². The molecule has 4 aromatic rings. The highest BCUT2D eigenvalue weighted by molar-refractivity contribution is 6.21. The summed E-state index contributed by atoms with van der Waals surface area (Å²) >= 11 is 0. The monoisotopic (exact) mass is 535 g/mol. The normalized spacial score (nSPS) is 14.4. The quantitative estimate of drug-likeness (QED) is 0.198. The van der Waals surface area contributed by atoms with Crippen LogP contribution in [0.3, 0.4) is 0 Å². The Hall–Kier alpha value is -4.77. The fraction of sp³-hybridized carbons (Fsp3) is 0.250. The van der Waals surface area contributed by atoms with Gasteiger partial charge in [-0.2, -0.15) is 5.26 Å². The first kappa shape index (κ1) is 25.5. The SMILES string of the molecule is N#Cc1c(-c2cccc(F)c2)c2cc(OCCCCCN3C(=O)c4ccccc4C3=O)ccc2c(=O)n1C1CC1. The van der Waals surface area contributed by atoms with E-state index in [0.29, 0.717) is 64.8 Å². The molecule has 0 saturated heterocycles. The number of carbonyl (C=O) groups excluding carboxylic acids is 2. The predicted octanol–water partition coefficient (Wildman–Crippen LogP) is 5.86. The van der Waals surface area contributed by atoms with Gasteiger partial charge >= 0.3 is 0 Å². The summed E-state index contributed by atoms with van der Waals surface area (Å²) in [5, 5.41) is 11.1. The summed E-state index contributed by atoms with van der Waals surface area (Å²) in [6.45, 7) is 0.747. The second kappa shape index (κ2) is 10.4. The molecule has 2 amide bonds. The van der Waals surface area contributed by atoms with E-state index in [2.05, 4.69) is 6.07 Å². The summed E-state index contributed by atoms with van der Waals surface area (Å²) in [6.07, 6.45) is 3.77. The number of halogens is 1. The minimum absolute atomic E-state index is 0.0184. The molecule has 1 saturated carbocycles. The summed E-state index contributed by atoms with van der Waals surface area (Å²) in [4.78, 5) is 39.7. The summed E-state index contributed by atoms with van der Waals surface area (Å²) in [7, 11) is 0. The van der Waals surface area contributed by atoms with Crippen LogP contribution in [-0.2, 0) is 0 Å². The fourth-order valence-corrected chi connectivity index (χ4v) is 5.39. The Balaban J connectivity index is 1.17. The second-order valence-corrected chi connectivity index (χ2v) is 10.2. The first-order valence-corrected chi connectivity index (χ1v) is 13.4. The smallest absolute Gasteiger partial charge is 0.261 e. The molecule has 0 N–H and O–H groups in total. The third kappa shape index (κ3) is 4.54. The average Bonchev–Trinajstić information content (AvgIpc) is 3.77. The van der Waals surface area contributed by atoms with Crippen molar-refractivity contribution in [2.45, 2.75) is 38.1 Å². The summed E-state index contributed by atoms with van der Waals surface area (Å²) in [6, 6.07) is 20.3. The van der Waals surface area contributed by atoms with Crippen LogP contribution >= 0.6 is 0 Å². The highest BCUT2D eigenvalue weighted by Crippen LogP contribution is 2.40. The molecule has 1 fully saturated rings. The lowest BCUT2D eigenvalue weighted by Gasteiger charge is -2.17. The summed E-state index contributed by atoms with van der Waals surface area (Å²) in [5.74, 6) is -0.385. The number of rotatable bonds is 9. The first-order chi connectivity index (χ1) is 19.5. The molecule has 2 aliphatic rings. The number of nitriles is 1. The number of pyridine rings is 1. The molecule has 3 aromatic carbocycles. The van der Waals surface area contributed by atoms with Gasteiger partial charge in [0.15, 0.2) is 0 Å². The third-order valence-corrected chi connectivity index (χ3v) is 7.49. The van der Waals surface area contributed by atoms with Gasteiger partial charge in [0, 0.05) is 28.9 Å². The van der Waals surface area contributed by atoms with E-state index in [9.17, 15) is 24.0 Å². The van der Waals surface area contributed by atoms with Gasteiger partial charge in [0.25, 0.3) is 17.4 Å². The van der Waals surface area contributed by atoms with Crippen LogP contribution in [0.25, 0.3) is 21.9 Å². The third-order valence-electron chi connectivity index (χ3n) is 7.49. The Labute approximate surface area is 230 Å². The number of hydrogen-bond acceptors (Lipinski definition) is 5. The van der Waals surface area contributed by atoms with Crippen molar-refractivity contribution in [1.82, 2.24) is 9.47 Å². The molecule has 0 spiro atoms. The van der Waals surface area contributed by atoms with Crippen LogP contribution in [0.5, 0.6) is 5.75 Å². The van der Waals surface area contributed by atoms with Crippen molar-refractivity contribution in [1.29, 1.82) is 5.26 Å². The second-order valence-electron chi connectivity index (χ2n) is 10.2. The number of benzene rings is 3. The van der Waals surface area contributed by atoms with E-state index < -0.39 is 5.82 Å². The van der Waals surface area contributed by atoms with Gasteiger partial charge in [-0.1, -0.05) is 24.3 Å². The zero-order valence-electron chi connectivity index (χ0n) is 21.7. The molecule has 0 atom stereocenters. The van der Waals surface area contributed by atoms with E-state index in [4.69, 9.17) is 4.74 Å². The molecule has 2 heterocycles. The maximum atomic E-state index is 14.2. The number of unbranched alkanes of at least 4 members (excludes halogenated alkanes) is 2. The number of amides is 2. The molecule has 1 aliphatic heterocycles. The fourth-order valence-electron chi connectivity index (χ4n) is 5.39. The Kier molecular flexibility index (Phi) is 6.64. The van der Waals surface area contributed by atoms with E-state index in [1.165, 1.54) is 17.0 Å². The van der Waals surface area contributed by atoms with Crippen LogP contribution in [0.2, 0.25) is 0 Å². The van der Waals surface area contributed by atoms with Crippen molar-refractivity contribution < 1.29 is 18.7 Å². The molecule has 7 nitrogen and oxygen atoms in total. The maximum Gasteiger partial charge on any atom is 0.261 e. The van der Waals surface area contributed by atoms with E-state index in [-0.39, 0.29) is 29.1 Å². The average molecular weight is 536 g/mol. The number of ether oxygens (including phenoxy) is 1. The highest BCUT2D eigenvalue weighted by Gasteiger charge is 2.34. The molecule has 6 rings (SSSR count). The van der Waals surface area contributed by atoms with Crippen molar-refractivity contribution in [3.05, 3.63) is 99.7 Å². The van der Waals surface area contributed by atoms with Crippen LogP contribution < -0.4 is 10.3 Å². The predicted molar refractivity (Wildman–Crippen MR) is 148 cm³/mol. The van der Waals surface area contributed by atoms with Crippen LogP contribution in [0.15, 0.2) is 71.5 Å². The Bertz CT molecular complexity index is 1730. The van der Waals surface area contributed by atoms with Crippen LogP contribution in [0.4, 0.5) is 4.39 Å². The minimum Gasteiger partial charge on any atom is -0.494 e. The van der Waals surface area contributed by atoms with Gasteiger partial charge < -0.3 is 4.74 Å². The van der Waals surface area contributed by atoms with E-state index in [0.717, 1.165) is 19.3 Å². The Morgan fingerprint density at radius 3 is 2.30 bits per heavy atom. The lowest BCUT2D eigenvalue weighted by molar-refractivity contribution is 0.0651. The van der Waals surface area contributed by atoms with Gasteiger partial charge in [0.2, 0.25) is 0 Å². The number of imide groups is 1. The number of hydrogen-bond donors (Lipinski definition) is 0. The van der Waals surface area contributed by atoms with Crippen molar-refractivity contribution >= 4 is 22.6 Å². The number of carbonyl (C=O) groups is 2. The van der Waals surface area contributed by atoms with E-state index in [1.807, 2.05) is 0 Å². The maximum absolute atomic E-state index is 14.2. The molecule has 0 unspecified atom stereocenters. The van der Waals surface area contributed by atoms with Gasteiger partial charge in [-0.15, -0.1) is 0 Å². The van der Waals surface area contributed by atoms with Crippen molar-refractivity contribution in [2.24, 2.45) is 0 Å². The molecule has 0 radical (unpaired) electrons. The molecule has 200 valence electrons. The molecular formula is C32H26FN3O4.